The molecule has 0 spiro atoms. The van der Waals surface area contributed by atoms with Crippen LogP contribution >= 0.6 is 0 Å². The van der Waals surface area contributed by atoms with E-state index in [1.165, 1.54) is 0 Å². The Balaban J connectivity index is 2.44. The Hall–Kier alpha value is -1.09. The Kier molecular flexibility index (Phi) is 3.71. The second-order valence-corrected chi connectivity index (χ2v) is 3.26. The first-order chi connectivity index (χ1) is 6.24. The Bertz CT molecular complexity index is 263. The largest absolute Gasteiger partial charge is 0.324 e. The third-order valence-electron chi connectivity index (χ3n) is 1.97. The fraction of sp³-hybridized carbons (Fsp3) is 0.500. The van der Waals surface area contributed by atoms with Crippen LogP contribution in [0.2, 0.25) is 0 Å². The summed E-state index contributed by atoms with van der Waals surface area (Å²) in [5.74, 6) is 0. The maximum atomic E-state index is 5.71. The molecular formula is C10H17N3. The van der Waals surface area contributed by atoms with Crippen molar-refractivity contribution >= 4 is 0 Å². The smallest absolute Gasteiger partial charge is 0.0537 e. The number of allylic oxidation sites excluding steroid dienone is 1. The van der Waals surface area contributed by atoms with Gasteiger partial charge in [-0.2, -0.15) is 5.10 Å². The second kappa shape index (κ2) is 4.82. The van der Waals surface area contributed by atoms with E-state index in [0.29, 0.717) is 0 Å². The van der Waals surface area contributed by atoms with Crippen LogP contribution < -0.4 is 5.73 Å². The summed E-state index contributed by atoms with van der Waals surface area (Å²) >= 11 is 0. The Morgan fingerprint density at radius 1 is 1.77 bits per heavy atom. The molecule has 1 atom stereocenters. The van der Waals surface area contributed by atoms with Crippen molar-refractivity contribution in [2.45, 2.75) is 32.4 Å². The van der Waals surface area contributed by atoms with Crippen molar-refractivity contribution in [3.63, 3.8) is 0 Å². The SMILES string of the molecule is C=CCCCn1cc(C(C)N)cn1. The van der Waals surface area contributed by atoms with Gasteiger partial charge in [0, 0.05) is 24.3 Å². The van der Waals surface area contributed by atoms with Gasteiger partial charge in [-0.25, -0.2) is 0 Å². The van der Waals surface area contributed by atoms with Crippen molar-refractivity contribution in [1.82, 2.24) is 9.78 Å². The van der Waals surface area contributed by atoms with Crippen LogP contribution in [0.3, 0.4) is 0 Å². The molecule has 3 heteroatoms. The van der Waals surface area contributed by atoms with Crippen LogP contribution in [0.15, 0.2) is 25.0 Å². The van der Waals surface area contributed by atoms with E-state index in [4.69, 9.17) is 5.73 Å². The summed E-state index contributed by atoms with van der Waals surface area (Å²) in [7, 11) is 0. The predicted molar refractivity (Wildman–Crippen MR) is 54.3 cm³/mol. The average molecular weight is 179 g/mol. The molecule has 0 fully saturated rings. The molecular weight excluding hydrogens is 162 g/mol. The summed E-state index contributed by atoms with van der Waals surface area (Å²) in [5.41, 5.74) is 6.81. The van der Waals surface area contributed by atoms with Gasteiger partial charge in [-0.1, -0.05) is 6.08 Å². The number of nitrogens with two attached hydrogens (primary N) is 1. The van der Waals surface area contributed by atoms with Gasteiger partial charge in [0.2, 0.25) is 0 Å². The summed E-state index contributed by atoms with van der Waals surface area (Å²) < 4.78 is 1.93. The predicted octanol–water partition coefficient (Wildman–Crippen LogP) is 1.87. The summed E-state index contributed by atoms with van der Waals surface area (Å²) in [5, 5.41) is 4.21. The molecule has 0 aliphatic heterocycles. The number of aromatic nitrogens is 2. The number of unbranched alkanes of at least 4 members (excludes halogenated alkanes) is 1. The number of hydrogen-bond acceptors (Lipinski definition) is 2. The number of nitrogens with zero attached hydrogens (tertiary/aromatic N) is 2. The van der Waals surface area contributed by atoms with E-state index < -0.39 is 0 Å². The van der Waals surface area contributed by atoms with Gasteiger partial charge in [0.1, 0.15) is 0 Å². The zero-order valence-corrected chi connectivity index (χ0v) is 8.11. The van der Waals surface area contributed by atoms with Gasteiger partial charge in [0.15, 0.2) is 0 Å². The van der Waals surface area contributed by atoms with Gasteiger partial charge in [-0.15, -0.1) is 6.58 Å². The molecule has 0 aliphatic carbocycles. The first-order valence-electron chi connectivity index (χ1n) is 4.63. The van der Waals surface area contributed by atoms with Crippen molar-refractivity contribution in [2.24, 2.45) is 5.73 Å². The first kappa shape index (κ1) is 9.99. The molecule has 1 aromatic rings. The van der Waals surface area contributed by atoms with Crippen molar-refractivity contribution in [3.05, 3.63) is 30.6 Å². The third-order valence-corrected chi connectivity index (χ3v) is 1.97. The Morgan fingerprint density at radius 3 is 3.08 bits per heavy atom. The summed E-state index contributed by atoms with van der Waals surface area (Å²) in [6.45, 7) is 6.58. The number of hydrogen-bond donors (Lipinski definition) is 1. The minimum Gasteiger partial charge on any atom is -0.324 e. The van der Waals surface area contributed by atoms with E-state index in [1.807, 2.05) is 30.1 Å². The van der Waals surface area contributed by atoms with Crippen LogP contribution in [0.5, 0.6) is 0 Å². The van der Waals surface area contributed by atoms with Crippen molar-refractivity contribution in [3.8, 4) is 0 Å². The molecule has 0 saturated heterocycles. The van der Waals surface area contributed by atoms with E-state index in [-0.39, 0.29) is 6.04 Å². The molecule has 1 unspecified atom stereocenters. The summed E-state index contributed by atoms with van der Waals surface area (Å²) in [6, 6.07) is 0.0770. The van der Waals surface area contributed by atoms with Crippen molar-refractivity contribution < 1.29 is 0 Å². The zero-order chi connectivity index (χ0) is 9.68. The second-order valence-electron chi connectivity index (χ2n) is 3.26. The van der Waals surface area contributed by atoms with Crippen LogP contribution in [-0.4, -0.2) is 9.78 Å². The minimum atomic E-state index is 0.0770. The first-order valence-corrected chi connectivity index (χ1v) is 4.63. The molecule has 0 saturated carbocycles. The normalized spacial score (nSPS) is 12.8. The van der Waals surface area contributed by atoms with E-state index >= 15 is 0 Å². The molecule has 0 aliphatic rings. The zero-order valence-electron chi connectivity index (χ0n) is 8.11. The van der Waals surface area contributed by atoms with Gasteiger partial charge in [-0.3, -0.25) is 4.68 Å². The van der Waals surface area contributed by atoms with Gasteiger partial charge < -0.3 is 5.73 Å². The van der Waals surface area contributed by atoms with Crippen LogP contribution in [0.1, 0.15) is 31.4 Å². The van der Waals surface area contributed by atoms with E-state index in [9.17, 15) is 0 Å². The molecule has 1 aromatic heterocycles. The van der Waals surface area contributed by atoms with Gasteiger partial charge in [-0.05, 0) is 19.8 Å². The van der Waals surface area contributed by atoms with E-state index in [2.05, 4.69) is 11.7 Å². The fourth-order valence-electron chi connectivity index (χ4n) is 1.13. The molecule has 1 rings (SSSR count). The lowest BCUT2D eigenvalue weighted by molar-refractivity contribution is 0.583. The van der Waals surface area contributed by atoms with Crippen LogP contribution in [-0.2, 0) is 6.54 Å². The summed E-state index contributed by atoms with van der Waals surface area (Å²) in [6.07, 6.45) is 7.89. The molecule has 13 heavy (non-hydrogen) atoms. The van der Waals surface area contributed by atoms with Crippen LogP contribution in [0.25, 0.3) is 0 Å². The monoisotopic (exact) mass is 179 g/mol. The standard InChI is InChI=1S/C10H17N3/c1-3-4-5-6-13-8-10(7-12-13)9(2)11/h3,7-9H,1,4-6,11H2,2H3. The van der Waals surface area contributed by atoms with Gasteiger partial charge in [0.05, 0.1) is 6.20 Å². The van der Waals surface area contributed by atoms with E-state index in [0.717, 1.165) is 24.9 Å². The minimum absolute atomic E-state index is 0.0770. The Labute approximate surface area is 79.2 Å². The van der Waals surface area contributed by atoms with Gasteiger partial charge >= 0.3 is 0 Å². The highest BCUT2D eigenvalue weighted by atomic mass is 15.3. The highest BCUT2D eigenvalue weighted by molar-refractivity contribution is 5.07. The number of rotatable bonds is 5. The molecule has 3 nitrogen and oxygen atoms in total. The van der Waals surface area contributed by atoms with Crippen molar-refractivity contribution in [2.75, 3.05) is 0 Å². The maximum Gasteiger partial charge on any atom is 0.0537 e. The maximum absolute atomic E-state index is 5.71. The van der Waals surface area contributed by atoms with Crippen LogP contribution in [0.4, 0.5) is 0 Å². The quantitative estimate of drug-likeness (QED) is 0.554. The fourth-order valence-corrected chi connectivity index (χ4v) is 1.13. The molecule has 2 N–H and O–H groups in total. The highest BCUT2D eigenvalue weighted by Crippen LogP contribution is 2.07. The average Bonchev–Trinajstić information content (AvgIpc) is 2.53. The highest BCUT2D eigenvalue weighted by Gasteiger charge is 2.01. The van der Waals surface area contributed by atoms with Crippen molar-refractivity contribution in [1.29, 1.82) is 0 Å². The lowest BCUT2D eigenvalue weighted by Crippen LogP contribution is -2.03. The summed E-state index contributed by atoms with van der Waals surface area (Å²) in [4.78, 5) is 0. The Morgan fingerprint density at radius 2 is 2.54 bits per heavy atom. The van der Waals surface area contributed by atoms with Gasteiger partial charge in [0.25, 0.3) is 0 Å². The molecule has 1 heterocycles. The topological polar surface area (TPSA) is 43.8 Å². The molecule has 0 amide bonds. The number of aryl methyl sites for hydroxylation is 1. The lowest BCUT2D eigenvalue weighted by atomic mass is 10.2. The lowest BCUT2D eigenvalue weighted by Gasteiger charge is -1.99. The molecule has 0 bridgehead atoms. The van der Waals surface area contributed by atoms with Crippen LogP contribution in [0, 0.1) is 0 Å². The molecule has 0 aromatic carbocycles. The molecule has 0 radical (unpaired) electrons. The third kappa shape index (κ3) is 3.03. The van der Waals surface area contributed by atoms with E-state index in [1.54, 1.807) is 0 Å². The molecule has 72 valence electrons.